The summed E-state index contributed by atoms with van der Waals surface area (Å²) in [5, 5.41) is 6.68. The normalized spacial score (nSPS) is 15.7. The number of carbonyl (C=O) groups is 1. The number of hydrogen-bond donors (Lipinski definition) is 0. The molecule has 1 fully saturated rings. The Balaban J connectivity index is 1.42. The highest BCUT2D eigenvalue weighted by atomic mass is 35.5. The molecule has 3 aromatic carbocycles. The zero-order chi connectivity index (χ0) is 26.1. The molecular weight excluding hydrogens is 534 g/mol. The lowest BCUT2D eigenvalue weighted by atomic mass is 10.1. The van der Waals surface area contributed by atoms with Crippen LogP contribution in [0, 0.1) is 0 Å². The number of halogens is 1. The van der Waals surface area contributed by atoms with Crippen LogP contribution in [0.5, 0.6) is 0 Å². The summed E-state index contributed by atoms with van der Waals surface area (Å²) in [6.45, 7) is 4.17. The average Bonchev–Trinajstić information content (AvgIpc) is 3.62. The van der Waals surface area contributed by atoms with E-state index < -0.39 is 0 Å². The first-order chi connectivity index (χ1) is 18.6. The summed E-state index contributed by atoms with van der Waals surface area (Å²) < 4.78 is 2.87. The molecule has 5 aromatic rings. The number of carbonyl (C=O) groups excluding carboxylic acids is 1. The average molecular weight is 554 g/mol. The highest BCUT2D eigenvalue weighted by Gasteiger charge is 2.33. The second-order valence-corrected chi connectivity index (χ2v) is 10.8. The molecule has 6 rings (SSSR count). The number of rotatable bonds is 6. The van der Waals surface area contributed by atoms with Crippen molar-refractivity contribution in [1.82, 2.24) is 19.7 Å². The van der Waals surface area contributed by atoms with Crippen LogP contribution < -0.4 is 0 Å². The van der Waals surface area contributed by atoms with Crippen LogP contribution in [0.25, 0.3) is 33.2 Å². The van der Waals surface area contributed by atoms with Crippen LogP contribution in [0.15, 0.2) is 108 Å². The van der Waals surface area contributed by atoms with Crippen LogP contribution in [0.2, 0.25) is 5.02 Å². The monoisotopic (exact) mass is 553 g/mol. The van der Waals surface area contributed by atoms with Gasteiger partial charge in [-0.3, -0.25) is 9.69 Å². The van der Waals surface area contributed by atoms with Crippen LogP contribution in [0.4, 0.5) is 5.13 Å². The van der Waals surface area contributed by atoms with E-state index in [1.54, 1.807) is 11.0 Å². The number of para-hydroxylation sites is 2. The molecule has 9 heteroatoms. The molecule has 0 radical (unpaired) electrons. The summed E-state index contributed by atoms with van der Waals surface area (Å²) in [5.74, 6) is -0.135. The number of thiazole rings is 1. The predicted molar refractivity (Wildman–Crippen MR) is 158 cm³/mol. The van der Waals surface area contributed by atoms with Crippen molar-refractivity contribution in [1.29, 1.82) is 0 Å². The molecule has 3 heterocycles. The maximum atomic E-state index is 13.5. The Morgan fingerprint density at radius 2 is 1.76 bits per heavy atom. The van der Waals surface area contributed by atoms with Crippen molar-refractivity contribution in [2.75, 3.05) is 6.54 Å². The molecule has 6 nitrogen and oxygen atoms in total. The topological polar surface area (TPSA) is 63.4 Å². The van der Waals surface area contributed by atoms with Crippen molar-refractivity contribution in [3.63, 3.8) is 0 Å². The maximum Gasteiger partial charge on any atom is 0.267 e. The number of amidine groups is 1. The Morgan fingerprint density at radius 3 is 2.53 bits per heavy atom. The second-order valence-electron chi connectivity index (χ2n) is 8.39. The lowest BCUT2D eigenvalue weighted by Gasteiger charge is -2.11. The van der Waals surface area contributed by atoms with Gasteiger partial charge in [-0.1, -0.05) is 71.5 Å². The quantitative estimate of drug-likeness (QED) is 0.160. The first-order valence-electron chi connectivity index (χ1n) is 11.8. The lowest BCUT2D eigenvalue weighted by Crippen LogP contribution is -2.29. The molecule has 0 N–H and O–H groups in total. The van der Waals surface area contributed by atoms with E-state index in [1.165, 1.54) is 23.1 Å². The van der Waals surface area contributed by atoms with E-state index >= 15 is 0 Å². The standard InChI is InChI=1S/C29H20ClN5OS2/c1-2-16-34-27(36)25(38-29(34)32-28-31-23-10-6-7-11-24(23)37-28)17-20-18-35(22-8-4-3-5-9-22)33-26(20)19-12-14-21(30)15-13-19/h2-15,17-18H,1,16H2. The summed E-state index contributed by atoms with van der Waals surface area (Å²) in [5.41, 5.74) is 4.27. The lowest BCUT2D eigenvalue weighted by molar-refractivity contribution is -0.121. The second kappa shape index (κ2) is 10.4. The number of amides is 1. The fraction of sp³-hybridized carbons (Fsp3) is 0.0345. The summed E-state index contributed by atoms with van der Waals surface area (Å²) in [6, 6.07) is 25.3. The highest BCUT2D eigenvalue weighted by molar-refractivity contribution is 8.18. The third-order valence-corrected chi connectivity index (χ3v) is 8.03. The zero-order valence-corrected chi connectivity index (χ0v) is 22.4. The molecule has 0 spiro atoms. The summed E-state index contributed by atoms with van der Waals surface area (Å²) in [6.07, 6.45) is 5.50. The molecule has 186 valence electrons. The minimum atomic E-state index is -0.135. The minimum absolute atomic E-state index is 0.135. The van der Waals surface area contributed by atoms with Crippen molar-refractivity contribution in [2.24, 2.45) is 4.99 Å². The Labute approximate surface area is 232 Å². The smallest absolute Gasteiger partial charge is 0.267 e. The molecule has 1 aliphatic rings. The molecule has 0 saturated carbocycles. The van der Waals surface area contributed by atoms with Crippen molar-refractivity contribution in [3.05, 3.63) is 113 Å². The molecule has 0 bridgehead atoms. The number of fused-ring (bicyclic) bond motifs is 1. The fourth-order valence-corrected chi connectivity index (χ4v) is 6.05. The number of benzene rings is 3. The van der Waals surface area contributed by atoms with Gasteiger partial charge in [0.05, 0.1) is 26.5 Å². The van der Waals surface area contributed by atoms with E-state index in [0.717, 1.165) is 32.7 Å². The third-order valence-electron chi connectivity index (χ3n) is 5.84. The number of aliphatic imine (C=N–C) groups is 1. The van der Waals surface area contributed by atoms with E-state index in [1.807, 2.05) is 95.8 Å². The van der Waals surface area contributed by atoms with Crippen molar-refractivity contribution >= 4 is 67.2 Å². The fourth-order valence-electron chi connectivity index (χ4n) is 4.05. The molecule has 1 aliphatic heterocycles. The van der Waals surface area contributed by atoms with E-state index in [0.29, 0.717) is 26.8 Å². The van der Waals surface area contributed by atoms with Gasteiger partial charge in [-0.2, -0.15) is 10.1 Å². The number of aromatic nitrogens is 3. The summed E-state index contributed by atoms with van der Waals surface area (Å²) in [7, 11) is 0. The van der Waals surface area contributed by atoms with Gasteiger partial charge >= 0.3 is 0 Å². The molecule has 1 saturated heterocycles. The first-order valence-corrected chi connectivity index (χ1v) is 13.8. The van der Waals surface area contributed by atoms with Gasteiger partial charge < -0.3 is 0 Å². The van der Waals surface area contributed by atoms with Crippen molar-refractivity contribution < 1.29 is 4.79 Å². The Bertz CT molecular complexity index is 1690. The maximum absolute atomic E-state index is 13.5. The molecular formula is C29H20ClN5OS2. The largest absolute Gasteiger partial charge is 0.282 e. The molecule has 0 atom stereocenters. The molecule has 0 unspecified atom stereocenters. The van der Waals surface area contributed by atoms with Gasteiger partial charge in [0.15, 0.2) is 5.17 Å². The third kappa shape index (κ3) is 4.81. The van der Waals surface area contributed by atoms with Crippen LogP contribution in [-0.2, 0) is 4.79 Å². The van der Waals surface area contributed by atoms with Crippen molar-refractivity contribution in [2.45, 2.75) is 0 Å². The Kier molecular flexibility index (Phi) is 6.68. The molecule has 38 heavy (non-hydrogen) atoms. The van der Waals surface area contributed by atoms with E-state index in [2.05, 4.69) is 11.6 Å². The van der Waals surface area contributed by atoms with Gasteiger partial charge in [0.1, 0.15) is 0 Å². The van der Waals surface area contributed by atoms with Crippen molar-refractivity contribution in [3.8, 4) is 16.9 Å². The minimum Gasteiger partial charge on any atom is -0.282 e. The van der Waals surface area contributed by atoms with Crippen LogP contribution in [0.3, 0.4) is 0 Å². The van der Waals surface area contributed by atoms with Gasteiger partial charge in [-0.05, 0) is 54.2 Å². The Morgan fingerprint density at radius 1 is 1.00 bits per heavy atom. The number of thioether (sulfide) groups is 1. The Hall–Kier alpha value is -3.98. The van der Waals surface area contributed by atoms with E-state index in [9.17, 15) is 4.79 Å². The summed E-state index contributed by atoms with van der Waals surface area (Å²) >= 11 is 8.95. The van der Waals surface area contributed by atoms with Gasteiger partial charge in [0.25, 0.3) is 5.91 Å². The SMILES string of the molecule is C=CCN1C(=O)C(=Cc2cn(-c3ccccc3)nc2-c2ccc(Cl)cc2)SC1=Nc1nc2ccccc2s1. The van der Waals surface area contributed by atoms with Crippen LogP contribution in [-0.4, -0.2) is 37.3 Å². The number of hydrogen-bond acceptors (Lipinski definition) is 6. The number of nitrogens with zero attached hydrogens (tertiary/aromatic N) is 5. The summed E-state index contributed by atoms with van der Waals surface area (Å²) in [4.78, 5) is 25.0. The van der Waals surface area contributed by atoms with E-state index in [-0.39, 0.29) is 5.91 Å². The molecule has 0 aliphatic carbocycles. The first kappa shape index (κ1) is 24.4. The van der Waals surface area contributed by atoms with E-state index in [4.69, 9.17) is 21.7 Å². The van der Waals surface area contributed by atoms with Gasteiger partial charge in [0.2, 0.25) is 5.13 Å². The van der Waals surface area contributed by atoms with Gasteiger partial charge in [-0.15, -0.1) is 6.58 Å². The highest BCUT2D eigenvalue weighted by Crippen LogP contribution is 2.37. The van der Waals surface area contributed by atoms with Crippen LogP contribution in [0.1, 0.15) is 5.56 Å². The molecule has 2 aromatic heterocycles. The molecule has 1 amide bonds. The zero-order valence-electron chi connectivity index (χ0n) is 20.0. The van der Waals surface area contributed by atoms with Gasteiger partial charge in [0, 0.05) is 28.9 Å². The predicted octanol–water partition coefficient (Wildman–Crippen LogP) is 7.59. The van der Waals surface area contributed by atoms with Gasteiger partial charge in [-0.25, -0.2) is 9.67 Å². The van der Waals surface area contributed by atoms with Crippen LogP contribution >= 0.6 is 34.7 Å².